The maximum absolute atomic E-state index is 13.4. The molecule has 30 heavy (non-hydrogen) atoms. The van der Waals surface area contributed by atoms with Crippen molar-refractivity contribution in [2.75, 3.05) is 17.7 Å². The first kappa shape index (κ1) is 21.0. The Morgan fingerprint density at radius 3 is 2.43 bits per heavy atom. The molecule has 2 amide bonds. The topological polar surface area (TPSA) is 67.4 Å². The summed E-state index contributed by atoms with van der Waals surface area (Å²) in [5.74, 6) is -0.622. The molecular formula is C24H23FN2O3. The van der Waals surface area contributed by atoms with Crippen molar-refractivity contribution in [1.29, 1.82) is 0 Å². The first-order chi connectivity index (χ1) is 14.5. The van der Waals surface area contributed by atoms with E-state index in [1.54, 1.807) is 18.2 Å². The van der Waals surface area contributed by atoms with Crippen LogP contribution in [-0.4, -0.2) is 18.9 Å². The predicted octanol–water partition coefficient (Wildman–Crippen LogP) is 5.22. The van der Waals surface area contributed by atoms with Gasteiger partial charge in [0.1, 0.15) is 11.6 Å². The Balaban J connectivity index is 1.70. The molecule has 0 spiro atoms. The van der Waals surface area contributed by atoms with Gasteiger partial charge in [0.25, 0.3) is 5.91 Å². The number of amides is 2. The molecule has 1 atom stereocenters. The average molecular weight is 406 g/mol. The van der Waals surface area contributed by atoms with Crippen molar-refractivity contribution >= 4 is 23.2 Å². The van der Waals surface area contributed by atoms with Crippen LogP contribution in [0.1, 0.15) is 35.2 Å². The van der Waals surface area contributed by atoms with E-state index in [0.717, 1.165) is 11.6 Å². The van der Waals surface area contributed by atoms with E-state index in [-0.39, 0.29) is 17.4 Å². The third-order valence-corrected chi connectivity index (χ3v) is 4.68. The monoisotopic (exact) mass is 406 g/mol. The van der Waals surface area contributed by atoms with Crippen molar-refractivity contribution < 1.29 is 18.7 Å². The van der Waals surface area contributed by atoms with Crippen LogP contribution in [0, 0.1) is 5.82 Å². The van der Waals surface area contributed by atoms with E-state index in [9.17, 15) is 14.0 Å². The van der Waals surface area contributed by atoms with Gasteiger partial charge in [-0.3, -0.25) is 9.59 Å². The number of carbonyl (C=O) groups is 2. The highest BCUT2D eigenvalue weighted by atomic mass is 19.1. The Kier molecular flexibility index (Phi) is 6.80. The van der Waals surface area contributed by atoms with Gasteiger partial charge in [-0.25, -0.2) is 4.39 Å². The Hall–Kier alpha value is -3.67. The lowest BCUT2D eigenvalue weighted by Gasteiger charge is -2.15. The summed E-state index contributed by atoms with van der Waals surface area (Å²) in [6.07, 6.45) is 0.320. The quantitative estimate of drug-likeness (QED) is 0.565. The molecule has 0 fully saturated rings. The molecule has 0 bridgehead atoms. The van der Waals surface area contributed by atoms with Gasteiger partial charge in [-0.05, 0) is 47.9 Å². The van der Waals surface area contributed by atoms with E-state index in [1.165, 1.54) is 25.3 Å². The fourth-order valence-electron chi connectivity index (χ4n) is 3.10. The largest absolute Gasteiger partial charge is 0.495 e. The Morgan fingerprint density at radius 1 is 0.967 bits per heavy atom. The van der Waals surface area contributed by atoms with E-state index in [1.807, 2.05) is 37.3 Å². The van der Waals surface area contributed by atoms with E-state index in [0.29, 0.717) is 23.5 Å². The van der Waals surface area contributed by atoms with Crippen molar-refractivity contribution in [3.8, 4) is 5.75 Å². The van der Waals surface area contributed by atoms with Crippen LogP contribution >= 0.6 is 0 Å². The van der Waals surface area contributed by atoms with Gasteiger partial charge in [-0.2, -0.15) is 0 Å². The summed E-state index contributed by atoms with van der Waals surface area (Å²) in [4.78, 5) is 24.9. The molecule has 0 aliphatic carbocycles. The zero-order valence-electron chi connectivity index (χ0n) is 16.8. The van der Waals surface area contributed by atoms with Gasteiger partial charge in [-0.1, -0.05) is 43.3 Å². The molecule has 0 saturated heterocycles. The van der Waals surface area contributed by atoms with Crippen molar-refractivity contribution in [2.24, 2.45) is 0 Å². The molecule has 0 saturated carbocycles. The smallest absolute Gasteiger partial charge is 0.255 e. The number of methoxy groups -OCH3 is 1. The van der Waals surface area contributed by atoms with Gasteiger partial charge in [0.2, 0.25) is 5.91 Å². The minimum Gasteiger partial charge on any atom is -0.495 e. The summed E-state index contributed by atoms with van der Waals surface area (Å²) in [7, 11) is 1.48. The summed E-state index contributed by atoms with van der Waals surface area (Å²) in [5.41, 5.74) is 2.17. The Bertz CT molecular complexity index is 1040. The highest BCUT2D eigenvalue weighted by molar-refractivity contribution is 6.05. The second kappa shape index (κ2) is 9.69. The molecule has 2 N–H and O–H groups in total. The fraction of sp³-hybridized carbons (Fsp3) is 0.167. The second-order valence-corrected chi connectivity index (χ2v) is 6.94. The SMILES string of the molecule is COc1ccc(NC(=O)C[C@H](C)c2ccccc2)cc1NC(=O)c1cccc(F)c1. The number of hydrogen-bond acceptors (Lipinski definition) is 3. The number of anilines is 2. The van der Waals surface area contributed by atoms with Gasteiger partial charge in [-0.15, -0.1) is 0 Å². The van der Waals surface area contributed by atoms with Crippen LogP contribution in [-0.2, 0) is 4.79 Å². The predicted molar refractivity (Wildman–Crippen MR) is 115 cm³/mol. The molecule has 0 aliphatic heterocycles. The van der Waals surface area contributed by atoms with E-state index in [2.05, 4.69) is 10.6 Å². The van der Waals surface area contributed by atoms with E-state index < -0.39 is 11.7 Å². The summed E-state index contributed by atoms with van der Waals surface area (Å²) in [6.45, 7) is 1.99. The van der Waals surface area contributed by atoms with Crippen molar-refractivity contribution in [3.05, 3.63) is 89.7 Å². The second-order valence-electron chi connectivity index (χ2n) is 6.94. The number of nitrogens with one attached hydrogen (secondary N) is 2. The van der Waals surface area contributed by atoms with Crippen LogP contribution in [0.5, 0.6) is 5.75 Å². The van der Waals surface area contributed by atoms with Gasteiger partial charge in [0, 0.05) is 17.7 Å². The highest BCUT2D eigenvalue weighted by Gasteiger charge is 2.14. The summed E-state index contributed by atoms with van der Waals surface area (Å²) >= 11 is 0. The minimum absolute atomic E-state index is 0.0663. The molecule has 0 unspecified atom stereocenters. The molecular weight excluding hydrogens is 383 g/mol. The molecule has 0 aliphatic rings. The molecule has 0 heterocycles. The van der Waals surface area contributed by atoms with Crippen molar-refractivity contribution in [2.45, 2.75) is 19.3 Å². The van der Waals surface area contributed by atoms with E-state index >= 15 is 0 Å². The minimum atomic E-state index is -0.497. The third-order valence-electron chi connectivity index (χ3n) is 4.68. The van der Waals surface area contributed by atoms with Crippen LogP contribution in [0.2, 0.25) is 0 Å². The maximum Gasteiger partial charge on any atom is 0.255 e. The number of ether oxygens (including phenoxy) is 1. The summed E-state index contributed by atoms with van der Waals surface area (Å²) in [6, 6.07) is 20.2. The summed E-state index contributed by atoms with van der Waals surface area (Å²) < 4.78 is 18.7. The number of rotatable bonds is 7. The lowest BCUT2D eigenvalue weighted by Crippen LogP contribution is -2.16. The lowest BCUT2D eigenvalue weighted by molar-refractivity contribution is -0.116. The first-order valence-corrected chi connectivity index (χ1v) is 9.56. The number of carbonyl (C=O) groups excluding carboxylic acids is 2. The third kappa shape index (κ3) is 5.44. The van der Waals surface area contributed by atoms with Crippen LogP contribution in [0.15, 0.2) is 72.8 Å². The molecule has 154 valence electrons. The molecule has 0 radical (unpaired) electrons. The van der Waals surface area contributed by atoms with Gasteiger partial charge in [0.15, 0.2) is 0 Å². The van der Waals surface area contributed by atoms with Gasteiger partial charge >= 0.3 is 0 Å². The van der Waals surface area contributed by atoms with E-state index in [4.69, 9.17) is 4.74 Å². The molecule has 5 nitrogen and oxygen atoms in total. The molecule has 6 heteroatoms. The maximum atomic E-state index is 13.4. The van der Waals surface area contributed by atoms with Crippen LogP contribution < -0.4 is 15.4 Å². The first-order valence-electron chi connectivity index (χ1n) is 9.56. The van der Waals surface area contributed by atoms with Gasteiger partial charge in [0.05, 0.1) is 12.8 Å². The number of halogens is 1. The standard InChI is InChI=1S/C24H23FN2O3/c1-16(17-7-4-3-5-8-17)13-23(28)26-20-11-12-22(30-2)21(15-20)27-24(29)18-9-6-10-19(25)14-18/h3-12,14-16H,13H2,1-2H3,(H,26,28)(H,27,29)/t16-/m0/s1. The molecule has 3 aromatic rings. The van der Waals surface area contributed by atoms with Crippen molar-refractivity contribution in [3.63, 3.8) is 0 Å². The van der Waals surface area contributed by atoms with Gasteiger partial charge < -0.3 is 15.4 Å². The lowest BCUT2D eigenvalue weighted by atomic mass is 9.97. The normalized spacial score (nSPS) is 11.4. The Morgan fingerprint density at radius 2 is 1.73 bits per heavy atom. The number of hydrogen-bond donors (Lipinski definition) is 2. The highest BCUT2D eigenvalue weighted by Crippen LogP contribution is 2.29. The molecule has 3 rings (SSSR count). The van der Waals surface area contributed by atoms with Crippen molar-refractivity contribution in [1.82, 2.24) is 0 Å². The fourth-order valence-corrected chi connectivity index (χ4v) is 3.10. The average Bonchev–Trinajstić information content (AvgIpc) is 2.74. The molecule has 3 aromatic carbocycles. The zero-order valence-corrected chi connectivity index (χ0v) is 16.8. The Labute approximate surface area is 174 Å². The number of benzene rings is 3. The van der Waals surface area contributed by atoms with Crippen LogP contribution in [0.3, 0.4) is 0 Å². The molecule has 0 aromatic heterocycles. The van der Waals surface area contributed by atoms with Crippen LogP contribution in [0.4, 0.5) is 15.8 Å². The zero-order chi connectivity index (χ0) is 21.5. The van der Waals surface area contributed by atoms with Crippen LogP contribution in [0.25, 0.3) is 0 Å². The summed E-state index contributed by atoms with van der Waals surface area (Å²) in [5, 5.41) is 5.55.